The van der Waals surface area contributed by atoms with Gasteiger partial charge in [0.25, 0.3) is 0 Å². The van der Waals surface area contributed by atoms with Gasteiger partial charge >= 0.3 is 0 Å². The molecule has 3 heteroatoms. The summed E-state index contributed by atoms with van der Waals surface area (Å²) in [5.41, 5.74) is 11.0. The van der Waals surface area contributed by atoms with Crippen LogP contribution >= 0.6 is 0 Å². The van der Waals surface area contributed by atoms with Crippen LogP contribution in [-0.2, 0) is 13.0 Å². The number of aryl methyl sites for hydroxylation is 3. The minimum absolute atomic E-state index is 0.809. The molecule has 1 heterocycles. The van der Waals surface area contributed by atoms with Crippen molar-refractivity contribution in [1.82, 2.24) is 9.55 Å². The highest BCUT2D eigenvalue weighted by Crippen LogP contribution is 2.30. The van der Waals surface area contributed by atoms with Crippen LogP contribution in [-0.4, -0.2) is 9.55 Å². The molecule has 2 aromatic rings. The zero-order chi connectivity index (χ0) is 14.7. The van der Waals surface area contributed by atoms with E-state index in [-0.39, 0.29) is 0 Å². The van der Waals surface area contributed by atoms with Gasteiger partial charge in [-0.1, -0.05) is 31.5 Å². The first-order chi connectivity index (χ1) is 9.58. The third-order valence-corrected chi connectivity index (χ3v) is 3.65. The Labute approximate surface area is 121 Å². The second-order valence-corrected chi connectivity index (χ2v) is 5.48. The van der Waals surface area contributed by atoms with Gasteiger partial charge in [-0.15, -0.1) is 0 Å². The molecule has 0 bridgehead atoms. The molecule has 1 aromatic carbocycles. The average molecular weight is 271 g/mol. The van der Waals surface area contributed by atoms with Gasteiger partial charge in [0.05, 0.1) is 0 Å². The van der Waals surface area contributed by atoms with Crippen molar-refractivity contribution in [2.24, 2.45) is 0 Å². The SMILES string of the molecule is CCCc1nc(-c2cc(C)ccc2C)c(N)n1CCC. The maximum absolute atomic E-state index is 6.37. The van der Waals surface area contributed by atoms with Gasteiger partial charge in [-0.25, -0.2) is 4.98 Å². The Morgan fingerprint density at radius 3 is 2.55 bits per heavy atom. The van der Waals surface area contributed by atoms with Crippen molar-refractivity contribution >= 4 is 5.82 Å². The lowest BCUT2D eigenvalue weighted by molar-refractivity contribution is 0.637. The van der Waals surface area contributed by atoms with E-state index in [1.54, 1.807) is 0 Å². The predicted octanol–water partition coefficient (Wildman–Crippen LogP) is 4.11. The van der Waals surface area contributed by atoms with Crippen molar-refractivity contribution in [3.63, 3.8) is 0 Å². The largest absolute Gasteiger partial charge is 0.383 e. The zero-order valence-electron chi connectivity index (χ0n) is 13.0. The van der Waals surface area contributed by atoms with Gasteiger partial charge in [0.1, 0.15) is 17.3 Å². The molecule has 0 aliphatic heterocycles. The molecule has 0 radical (unpaired) electrons. The van der Waals surface area contributed by atoms with Crippen LogP contribution in [0.2, 0.25) is 0 Å². The zero-order valence-corrected chi connectivity index (χ0v) is 13.0. The van der Waals surface area contributed by atoms with E-state index in [4.69, 9.17) is 10.7 Å². The van der Waals surface area contributed by atoms with E-state index < -0.39 is 0 Å². The molecule has 108 valence electrons. The molecule has 20 heavy (non-hydrogen) atoms. The van der Waals surface area contributed by atoms with E-state index in [1.807, 2.05) is 0 Å². The fourth-order valence-electron chi connectivity index (χ4n) is 2.59. The highest BCUT2D eigenvalue weighted by molar-refractivity contribution is 5.74. The molecule has 2 rings (SSSR count). The van der Waals surface area contributed by atoms with Crippen LogP contribution < -0.4 is 5.73 Å². The lowest BCUT2D eigenvalue weighted by Gasteiger charge is -2.08. The molecule has 3 nitrogen and oxygen atoms in total. The Balaban J connectivity index is 2.56. The summed E-state index contributed by atoms with van der Waals surface area (Å²) >= 11 is 0. The third kappa shape index (κ3) is 2.72. The highest BCUT2D eigenvalue weighted by Gasteiger charge is 2.16. The number of nitrogens with two attached hydrogens (primary N) is 1. The van der Waals surface area contributed by atoms with Crippen LogP contribution in [0.1, 0.15) is 43.6 Å². The number of rotatable bonds is 5. The number of nitrogen functional groups attached to an aromatic ring is 1. The predicted molar refractivity (Wildman–Crippen MR) is 85.8 cm³/mol. The quantitative estimate of drug-likeness (QED) is 0.889. The Bertz CT molecular complexity index is 597. The van der Waals surface area contributed by atoms with Gasteiger partial charge in [0, 0.05) is 18.5 Å². The second kappa shape index (κ2) is 6.12. The maximum Gasteiger partial charge on any atom is 0.131 e. The van der Waals surface area contributed by atoms with Gasteiger partial charge in [-0.3, -0.25) is 0 Å². The fourth-order valence-corrected chi connectivity index (χ4v) is 2.59. The van der Waals surface area contributed by atoms with E-state index in [0.29, 0.717) is 0 Å². The summed E-state index contributed by atoms with van der Waals surface area (Å²) in [6.45, 7) is 9.52. The number of imidazole rings is 1. The van der Waals surface area contributed by atoms with Crippen molar-refractivity contribution in [2.45, 2.75) is 53.5 Å². The molecule has 0 amide bonds. The van der Waals surface area contributed by atoms with E-state index in [1.165, 1.54) is 11.1 Å². The number of hydrogen-bond donors (Lipinski definition) is 1. The van der Waals surface area contributed by atoms with Gasteiger partial charge in [-0.05, 0) is 38.3 Å². The summed E-state index contributed by atoms with van der Waals surface area (Å²) in [4.78, 5) is 4.83. The maximum atomic E-state index is 6.37. The van der Waals surface area contributed by atoms with Crippen LogP contribution in [0.25, 0.3) is 11.3 Å². The molecular weight excluding hydrogens is 246 g/mol. The van der Waals surface area contributed by atoms with Crippen molar-refractivity contribution in [2.75, 3.05) is 5.73 Å². The van der Waals surface area contributed by atoms with Crippen molar-refractivity contribution in [1.29, 1.82) is 0 Å². The van der Waals surface area contributed by atoms with Crippen LogP contribution in [0.3, 0.4) is 0 Å². The van der Waals surface area contributed by atoms with Crippen molar-refractivity contribution in [3.8, 4) is 11.3 Å². The summed E-state index contributed by atoms with van der Waals surface area (Å²) in [6.07, 6.45) is 3.14. The molecular formula is C17H25N3. The first kappa shape index (κ1) is 14.6. The van der Waals surface area contributed by atoms with E-state index in [2.05, 4.69) is 50.5 Å². The first-order valence-corrected chi connectivity index (χ1v) is 7.51. The van der Waals surface area contributed by atoms with E-state index in [9.17, 15) is 0 Å². The topological polar surface area (TPSA) is 43.8 Å². The minimum atomic E-state index is 0.809. The Hall–Kier alpha value is -1.77. The van der Waals surface area contributed by atoms with Gasteiger partial charge < -0.3 is 10.3 Å². The molecule has 2 N–H and O–H groups in total. The van der Waals surface area contributed by atoms with E-state index in [0.717, 1.165) is 48.7 Å². The smallest absolute Gasteiger partial charge is 0.131 e. The Morgan fingerprint density at radius 1 is 1.15 bits per heavy atom. The third-order valence-electron chi connectivity index (χ3n) is 3.65. The Kier molecular flexibility index (Phi) is 4.48. The van der Waals surface area contributed by atoms with Crippen molar-refractivity contribution in [3.05, 3.63) is 35.2 Å². The number of anilines is 1. The van der Waals surface area contributed by atoms with Crippen LogP contribution in [0, 0.1) is 13.8 Å². The van der Waals surface area contributed by atoms with E-state index >= 15 is 0 Å². The summed E-state index contributed by atoms with van der Waals surface area (Å²) in [5, 5.41) is 0. The minimum Gasteiger partial charge on any atom is -0.383 e. The normalized spacial score (nSPS) is 11.0. The van der Waals surface area contributed by atoms with Crippen LogP contribution in [0.15, 0.2) is 18.2 Å². The van der Waals surface area contributed by atoms with Crippen LogP contribution in [0.4, 0.5) is 5.82 Å². The fraction of sp³-hybridized carbons (Fsp3) is 0.471. The number of aromatic nitrogens is 2. The summed E-state index contributed by atoms with van der Waals surface area (Å²) in [7, 11) is 0. The first-order valence-electron chi connectivity index (χ1n) is 7.51. The number of benzene rings is 1. The molecule has 0 saturated carbocycles. The molecule has 0 fully saturated rings. The molecule has 0 saturated heterocycles. The molecule has 0 aliphatic rings. The monoisotopic (exact) mass is 271 g/mol. The Morgan fingerprint density at radius 2 is 1.90 bits per heavy atom. The average Bonchev–Trinajstić information content (AvgIpc) is 2.71. The standard InChI is InChI=1S/C17H25N3/c1-5-7-15-19-16(17(18)20(15)10-6-2)14-11-12(3)8-9-13(14)4/h8-9,11H,5-7,10,18H2,1-4H3. The number of nitrogens with zero attached hydrogens (tertiary/aromatic N) is 2. The summed E-state index contributed by atoms with van der Waals surface area (Å²) in [5.74, 6) is 1.92. The molecule has 0 atom stereocenters. The molecule has 0 aliphatic carbocycles. The second-order valence-electron chi connectivity index (χ2n) is 5.48. The molecule has 0 spiro atoms. The lowest BCUT2D eigenvalue weighted by Crippen LogP contribution is -2.06. The van der Waals surface area contributed by atoms with Gasteiger partial charge in [0.2, 0.25) is 0 Å². The van der Waals surface area contributed by atoms with Gasteiger partial charge in [0.15, 0.2) is 0 Å². The van der Waals surface area contributed by atoms with Gasteiger partial charge in [-0.2, -0.15) is 0 Å². The highest BCUT2D eigenvalue weighted by atomic mass is 15.1. The lowest BCUT2D eigenvalue weighted by atomic mass is 10.0. The summed E-state index contributed by atoms with van der Waals surface area (Å²) < 4.78 is 2.18. The number of hydrogen-bond acceptors (Lipinski definition) is 2. The molecule has 1 aromatic heterocycles. The van der Waals surface area contributed by atoms with Crippen molar-refractivity contribution < 1.29 is 0 Å². The molecule has 0 unspecified atom stereocenters. The summed E-state index contributed by atoms with van der Waals surface area (Å²) in [6, 6.07) is 6.45. The van der Waals surface area contributed by atoms with Crippen LogP contribution in [0.5, 0.6) is 0 Å².